The molecule has 0 atom stereocenters. The average Bonchev–Trinajstić information content (AvgIpc) is 3.16. The molecule has 1 aliphatic rings. The number of pyridine rings is 1. The molecule has 1 aliphatic heterocycles. The molecule has 4 rings (SSSR count). The average molecular weight is 393 g/mol. The van der Waals surface area contributed by atoms with Gasteiger partial charge in [0.15, 0.2) is 0 Å². The third kappa shape index (κ3) is 3.97. The van der Waals surface area contributed by atoms with Crippen LogP contribution in [0.3, 0.4) is 0 Å². The van der Waals surface area contributed by atoms with Crippen LogP contribution in [0.15, 0.2) is 48.8 Å². The molecule has 7 heteroatoms. The molecule has 0 bridgehead atoms. The maximum Gasteiger partial charge on any atom is 0.274 e. The van der Waals surface area contributed by atoms with Gasteiger partial charge in [-0.25, -0.2) is 10.5 Å². The van der Waals surface area contributed by atoms with E-state index in [9.17, 15) is 4.79 Å². The Kier molecular flexibility index (Phi) is 5.51. The SMILES string of the molecule is CC(C)N1CCN(c2ccnc3c2ccn3Cc2ccc(C(=O)NO)cc2)CC1. The number of amides is 1. The quantitative estimate of drug-likeness (QED) is 0.515. The number of piperazine rings is 1. The van der Waals surface area contributed by atoms with Crippen LogP contribution in [-0.2, 0) is 6.54 Å². The minimum Gasteiger partial charge on any atom is -0.368 e. The molecule has 29 heavy (non-hydrogen) atoms. The van der Waals surface area contributed by atoms with Gasteiger partial charge >= 0.3 is 0 Å². The summed E-state index contributed by atoms with van der Waals surface area (Å²) in [6.45, 7) is 9.38. The summed E-state index contributed by atoms with van der Waals surface area (Å²) in [5.41, 5.74) is 5.35. The van der Waals surface area contributed by atoms with E-state index >= 15 is 0 Å². The van der Waals surface area contributed by atoms with Gasteiger partial charge in [-0.2, -0.15) is 0 Å². The molecule has 0 unspecified atom stereocenters. The fraction of sp³-hybridized carbons (Fsp3) is 0.364. The summed E-state index contributed by atoms with van der Waals surface area (Å²) in [4.78, 5) is 21.1. The Bertz CT molecular complexity index is 988. The van der Waals surface area contributed by atoms with E-state index < -0.39 is 5.91 Å². The monoisotopic (exact) mass is 393 g/mol. The third-order valence-electron chi connectivity index (χ3n) is 5.70. The number of hydrogen-bond acceptors (Lipinski definition) is 5. The summed E-state index contributed by atoms with van der Waals surface area (Å²) >= 11 is 0. The van der Waals surface area contributed by atoms with Crippen molar-refractivity contribution in [3.63, 3.8) is 0 Å². The Morgan fingerprint density at radius 1 is 1.10 bits per heavy atom. The lowest BCUT2D eigenvalue weighted by molar-refractivity contribution is 0.0706. The topological polar surface area (TPSA) is 73.6 Å². The zero-order chi connectivity index (χ0) is 20.4. The highest BCUT2D eigenvalue weighted by Gasteiger charge is 2.21. The Morgan fingerprint density at radius 2 is 1.83 bits per heavy atom. The van der Waals surface area contributed by atoms with E-state index in [-0.39, 0.29) is 0 Å². The molecular formula is C22H27N5O2. The van der Waals surface area contributed by atoms with E-state index in [4.69, 9.17) is 5.21 Å². The van der Waals surface area contributed by atoms with Crippen LogP contribution in [0.25, 0.3) is 11.0 Å². The molecule has 0 aliphatic carbocycles. The number of hydroxylamine groups is 1. The summed E-state index contributed by atoms with van der Waals surface area (Å²) in [5.74, 6) is -0.508. The van der Waals surface area contributed by atoms with Crippen LogP contribution < -0.4 is 10.4 Å². The summed E-state index contributed by atoms with van der Waals surface area (Å²) in [6, 6.07) is 12.0. The van der Waals surface area contributed by atoms with Crippen LogP contribution in [0, 0.1) is 0 Å². The second-order valence-corrected chi connectivity index (χ2v) is 7.77. The second kappa shape index (κ2) is 8.23. The van der Waals surface area contributed by atoms with Crippen molar-refractivity contribution < 1.29 is 10.0 Å². The van der Waals surface area contributed by atoms with Crippen LogP contribution in [0.4, 0.5) is 5.69 Å². The Morgan fingerprint density at radius 3 is 2.48 bits per heavy atom. The van der Waals surface area contributed by atoms with Crippen LogP contribution in [-0.4, -0.2) is 57.8 Å². The first kappa shape index (κ1) is 19.4. The summed E-state index contributed by atoms with van der Waals surface area (Å²) in [5, 5.41) is 9.91. The number of anilines is 1. The minimum atomic E-state index is -0.508. The van der Waals surface area contributed by atoms with E-state index in [0.29, 0.717) is 18.2 Å². The summed E-state index contributed by atoms with van der Waals surface area (Å²) in [6.07, 6.45) is 3.96. The highest BCUT2D eigenvalue weighted by Crippen LogP contribution is 2.28. The highest BCUT2D eigenvalue weighted by atomic mass is 16.5. The Labute approximate surface area is 170 Å². The lowest BCUT2D eigenvalue weighted by Gasteiger charge is -2.38. The first-order valence-electron chi connectivity index (χ1n) is 10.0. The number of nitrogens with one attached hydrogen (secondary N) is 1. The Hall–Kier alpha value is -2.90. The van der Waals surface area contributed by atoms with Gasteiger partial charge in [0, 0.05) is 67.8 Å². The van der Waals surface area contributed by atoms with Crippen molar-refractivity contribution in [2.24, 2.45) is 0 Å². The van der Waals surface area contributed by atoms with Crippen molar-refractivity contribution >= 4 is 22.6 Å². The lowest BCUT2D eigenvalue weighted by Crippen LogP contribution is -2.48. The molecule has 0 saturated carbocycles. The van der Waals surface area contributed by atoms with Crippen LogP contribution in [0.5, 0.6) is 0 Å². The zero-order valence-corrected chi connectivity index (χ0v) is 16.9. The van der Waals surface area contributed by atoms with Crippen LogP contribution >= 0.6 is 0 Å². The number of nitrogens with zero attached hydrogens (tertiary/aromatic N) is 4. The predicted octanol–water partition coefficient (Wildman–Crippen LogP) is 2.73. The van der Waals surface area contributed by atoms with Crippen LogP contribution in [0.1, 0.15) is 29.8 Å². The van der Waals surface area contributed by atoms with E-state index in [1.165, 1.54) is 11.1 Å². The normalized spacial score (nSPS) is 15.2. The van der Waals surface area contributed by atoms with Gasteiger partial charge in [0.2, 0.25) is 0 Å². The fourth-order valence-electron chi connectivity index (χ4n) is 3.98. The van der Waals surface area contributed by atoms with Gasteiger partial charge in [-0.1, -0.05) is 12.1 Å². The fourth-order valence-corrected chi connectivity index (χ4v) is 3.98. The lowest BCUT2D eigenvalue weighted by atomic mass is 10.1. The Balaban J connectivity index is 1.54. The molecule has 1 aromatic carbocycles. The first-order chi connectivity index (χ1) is 14.1. The van der Waals surface area contributed by atoms with Crippen molar-refractivity contribution in [3.05, 3.63) is 59.9 Å². The largest absolute Gasteiger partial charge is 0.368 e. The number of carbonyl (C=O) groups is 1. The number of carbonyl (C=O) groups excluding carboxylic acids is 1. The van der Waals surface area contributed by atoms with Crippen LogP contribution in [0.2, 0.25) is 0 Å². The maximum absolute atomic E-state index is 11.5. The number of rotatable bonds is 5. The molecular weight excluding hydrogens is 366 g/mol. The number of aromatic nitrogens is 2. The van der Waals surface area contributed by atoms with Crippen molar-refractivity contribution in [2.45, 2.75) is 26.4 Å². The standard InChI is InChI=1S/C22H27N5O2/c1-16(2)25-11-13-26(14-12-25)20-7-9-23-21-19(20)8-10-27(21)15-17-3-5-18(6-4-17)22(28)24-29/h3-10,16,29H,11-15H2,1-2H3,(H,24,28). The van der Waals surface area contributed by atoms with Gasteiger partial charge in [-0.3, -0.25) is 14.9 Å². The van der Waals surface area contributed by atoms with Crippen molar-refractivity contribution in [3.8, 4) is 0 Å². The smallest absolute Gasteiger partial charge is 0.274 e. The van der Waals surface area contributed by atoms with E-state index in [2.05, 4.69) is 51.5 Å². The van der Waals surface area contributed by atoms with Gasteiger partial charge in [0.25, 0.3) is 5.91 Å². The second-order valence-electron chi connectivity index (χ2n) is 7.77. The molecule has 7 nitrogen and oxygen atoms in total. The zero-order valence-electron chi connectivity index (χ0n) is 16.9. The molecule has 152 valence electrons. The van der Waals surface area contributed by atoms with Gasteiger partial charge in [0.1, 0.15) is 5.65 Å². The molecule has 3 aromatic rings. The number of hydrogen-bond donors (Lipinski definition) is 2. The third-order valence-corrected chi connectivity index (χ3v) is 5.70. The van der Waals surface area contributed by atoms with Gasteiger partial charge in [-0.05, 0) is 43.7 Å². The number of fused-ring (bicyclic) bond motifs is 1. The molecule has 0 spiro atoms. The van der Waals surface area contributed by atoms with Crippen molar-refractivity contribution in [2.75, 3.05) is 31.1 Å². The van der Waals surface area contributed by atoms with Gasteiger partial charge in [-0.15, -0.1) is 0 Å². The summed E-state index contributed by atoms with van der Waals surface area (Å²) in [7, 11) is 0. The van der Waals surface area contributed by atoms with Gasteiger partial charge in [0.05, 0.1) is 0 Å². The molecule has 2 aromatic heterocycles. The maximum atomic E-state index is 11.5. The minimum absolute atomic E-state index is 0.426. The molecule has 2 N–H and O–H groups in total. The molecule has 1 fully saturated rings. The van der Waals surface area contributed by atoms with E-state index in [1.807, 2.05) is 18.3 Å². The highest BCUT2D eigenvalue weighted by molar-refractivity contribution is 5.93. The molecule has 0 radical (unpaired) electrons. The van der Waals surface area contributed by atoms with E-state index in [0.717, 1.165) is 37.4 Å². The molecule has 3 heterocycles. The molecule has 1 amide bonds. The summed E-state index contributed by atoms with van der Waals surface area (Å²) < 4.78 is 2.13. The molecule has 1 saturated heterocycles. The van der Waals surface area contributed by atoms with E-state index in [1.54, 1.807) is 17.6 Å². The number of benzene rings is 1. The first-order valence-corrected chi connectivity index (χ1v) is 10.0. The predicted molar refractivity (Wildman–Crippen MR) is 113 cm³/mol. The van der Waals surface area contributed by atoms with Gasteiger partial charge < -0.3 is 9.47 Å². The van der Waals surface area contributed by atoms with Crippen molar-refractivity contribution in [1.29, 1.82) is 0 Å². The van der Waals surface area contributed by atoms with Crippen molar-refractivity contribution in [1.82, 2.24) is 19.9 Å².